The van der Waals surface area contributed by atoms with E-state index in [9.17, 15) is 18.0 Å². The highest BCUT2D eigenvalue weighted by molar-refractivity contribution is 5.81. The van der Waals surface area contributed by atoms with Gasteiger partial charge in [0, 0.05) is 45.5 Å². The number of pyridine rings is 1. The smallest absolute Gasteiger partial charge is 0.354 e. The van der Waals surface area contributed by atoms with Crippen molar-refractivity contribution < 1.29 is 18.0 Å². The molecule has 5 nitrogen and oxygen atoms in total. The van der Waals surface area contributed by atoms with E-state index in [4.69, 9.17) is 0 Å². The van der Waals surface area contributed by atoms with Crippen LogP contribution in [0.15, 0.2) is 18.3 Å². The van der Waals surface area contributed by atoms with Crippen molar-refractivity contribution in [2.24, 2.45) is 5.92 Å². The van der Waals surface area contributed by atoms with E-state index in [0.29, 0.717) is 37.9 Å². The van der Waals surface area contributed by atoms with Crippen molar-refractivity contribution in [3.8, 4) is 0 Å². The predicted molar refractivity (Wildman–Crippen MR) is 97.5 cm³/mol. The second-order valence-corrected chi connectivity index (χ2v) is 7.61. The van der Waals surface area contributed by atoms with E-state index in [1.54, 1.807) is 0 Å². The Morgan fingerprint density at radius 3 is 2.26 bits per heavy atom. The number of hydrogen-bond donors (Lipinski definition) is 0. The molecule has 0 saturated carbocycles. The van der Waals surface area contributed by atoms with E-state index in [1.165, 1.54) is 6.07 Å². The van der Waals surface area contributed by atoms with Crippen LogP contribution in [0.1, 0.15) is 32.3 Å². The van der Waals surface area contributed by atoms with Crippen LogP contribution in [0.25, 0.3) is 0 Å². The fraction of sp³-hybridized carbons (Fsp3) is 0.684. The molecule has 27 heavy (non-hydrogen) atoms. The molecule has 8 heteroatoms. The minimum atomic E-state index is -4.37. The van der Waals surface area contributed by atoms with Gasteiger partial charge in [-0.05, 0) is 37.8 Å². The van der Waals surface area contributed by atoms with Gasteiger partial charge in [-0.1, -0.05) is 6.92 Å². The van der Waals surface area contributed by atoms with Crippen LogP contribution in [-0.2, 0) is 11.0 Å². The first kappa shape index (κ1) is 19.9. The van der Waals surface area contributed by atoms with E-state index in [0.717, 1.165) is 38.2 Å². The maximum atomic E-state index is 12.7. The molecule has 1 aromatic rings. The Labute approximate surface area is 158 Å². The molecule has 2 aliphatic rings. The van der Waals surface area contributed by atoms with Gasteiger partial charge in [0.2, 0.25) is 5.91 Å². The number of rotatable bonds is 3. The van der Waals surface area contributed by atoms with Crippen molar-refractivity contribution in [1.29, 1.82) is 0 Å². The fourth-order valence-corrected chi connectivity index (χ4v) is 3.73. The number of anilines is 1. The lowest BCUT2D eigenvalue weighted by atomic mass is 9.98. The first-order valence-electron chi connectivity index (χ1n) is 9.56. The summed E-state index contributed by atoms with van der Waals surface area (Å²) in [5.74, 6) is 1.42. The van der Waals surface area contributed by atoms with Gasteiger partial charge in [0.15, 0.2) is 0 Å². The summed E-state index contributed by atoms with van der Waals surface area (Å²) in [6.45, 7) is 8.52. The van der Waals surface area contributed by atoms with Crippen molar-refractivity contribution in [3.63, 3.8) is 0 Å². The third-order valence-corrected chi connectivity index (χ3v) is 5.71. The minimum absolute atomic E-state index is 0.166. The topological polar surface area (TPSA) is 39.7 Å². The normalized spacial score (nSPS) is 21.4. The average Bonchev–Trinajstić information content (AvgIpc) is 2.67. The van der Waals surface area contributed by atoms with Gasteiger partial charge in [-0.2, -0.15) is 13.2 Å². The van der Waals surface area contributed by atoms with Crippen LogP contribution in [0.5, 0.6) is 0 Å². The number of nitrogens with zero attached hydrogens (tertiary/aromatic N) is 4. The molecule has 1 amide bonds. The van der Waals surface area contributed by atoms with Crippen molar-refractivity contribution in [1.82, 2.24) is 14.8 Å². The van der Waals surface area contributed by atoms with Crippen molar-refractivity contribution in [2.75, 3.05) is 44.2 Å². The van der Waals surface area contributed by atoms with E-state index in [-0.39, 0.29) is 11.9 Å². The van der Waals surface area contributed by atoms with Crippen LogP contribution in [0.2, 0.25) is 0 Å². The molecule has 3 rings (SSSR count). The molecule has 0 aliphatic carbocycles. The summed E-state index contributed by atoms with van der Waals surface area (Å²) in [6, 6.07) is 2.32. The lowest BCUT2D eigenvalue weighted by Crippen LogP contribution is -2.55. The first-order valence-corrected chi connectivity index (χ1v) is 9.56. The minimum Gasteiger partial charge on any atom is -0.354 e. The van der Waals surface area contributed by atoms with Gasteiger partial charge < -0.3 is 9.80 Å². The lowest BCUT2D eigenvalue weighted by molar-refractivity contribution is -0.138. The molecule has 0 spiro atoms. The van der Waals surface area contributed by atoms with Gasteiger partial charge in [0.05, 0.1) is 11.6 Å². The van der Waals surface area contributed by atoms with Gasteiger partial charge in [0.25, 0.3) is 0 Å². The average molecular weight is 384 g/mol. The van der Waals surface area contributed by atoms with Crippen LogP contribution < -0.4 is 4.90 Å². The first-order chi connectivity index (χ1) is 12.8. The molecule has 1 unspecified atom stereocenters. The van der Waals surface area contributed by atoms with Gasteiger partial charge >= 0.3 is 6.18 Å². The molecule has 0 aromatic carbocycles. The molecular weight excluding hydrogens is 357 g/mol. The van der Waals surface area contributed by atoms with E-state index in [2.05, 4.69) is 16.8 Å². The SMILES string of the molecule is CC1CCN(C(=O)C(C)N2CCN(c3ccc(C(F)(F)F)cn3)CC2)CC1. The number of carbonyl (C=O) groups excluding carboxylic acids is 1. The lowest BCUT2D eigenvalue weighted by Gasteiger charge is -2.40. The standard InChI is InChI=1S/C19H27F3N4O/c1-14-5-7-26(8-6-14)18(27)15(2)24-9-11-25(12-10-24)17-4-3-16(13-23-17)19(20,21)22/h3-4,13-15H,5-12H2,1-2H3. The van der Waals surface area contributed by atoms with Crippen LogP contribution in [0.3, 0.4) is 0 Å². The maximum Gasteiger partial charge on any atom is 0.417 e. The number of carbonyl (C=O) groups is 1. The number of piperidine rings is 1. The molecule has 2 saturated heterocycles. The second kappa shape index (κ2) is 8.04. The monoisotopic (exact) mass is 384 g/mol. The van der Waals surface area contributed by atoms with Gasteiger partial charge in [-0.15, -0.1) is 0 Å². The number of piperazine rings is 1. The molecule has 1 aromatic heterocycles. The van der Waals surface area contributed by atoms with Crippen molar-refractivity contribution >= 4 is 11.7 Å². The third-order valence-electron chi connectivity index (χ3n) is 5.71. The van der Waals surface area contributed by atoms with Crippen LogP contribution >= 0.6 is 0 Å². The van der Waals surface area contributed by atoms with Crippen LogP contribution in [0.4, 0.5) is 19.0 Å². The Bertz CT molecular complexity index is 633. The van der Waals surface area contributed by atoms with E-state index >= 15 is 0 Å². The third kappa shape index (κ3) is 4.72. The summed E-state index contributed by atoms with van der Waals surface area (Å²) < 4.78 is 38.0. The van der Waals surface area contributed by atoms with Crippen LogP contribution in [-0.4, -0.2) is 66.0 Å². The van der Waals surface area contributed by atoms with Crippen LogP contribution in [0, 0.1) is 5.92 Å². The Balaban J connectivity index is 1.53. The Morgan fingerprint density at radius 2 is 1.74 bits per heavy atom. The zero-order valence-electron chi connectivity index (χ0n) is 15.9. The van der Waals surface area contributed by atoms with E-state index in [1.807, 2.05) is 16.7 Å². The van der Waals surface area contributed by atoms with Crippen molar-refractivity contribution in [3.05, 3.63) is 23.9 Å². The molecule has 0 N–H and O–H groups in total. The van der Waals surface area contributed by atoms with Gasteiger partial charge in [-0.25, -0.2) is 4.98 Å². The highest BCUT2D eigenvalue weighted by atomic mass is 19.4. The van der Waals surface area contributed by atoms with E-state index < -0.39 is 11.7 Å². The summed E-state index contributed by atoms with van der Waals surface area (Å²) in [6.07, 6.45) is -1.37. The zero-order chi connectivity index (χ0) is 19.6. The summed E-state index contributed by atoms with van der Waals surface area (Å²) in [5, 5.41) is 0. The molecular formula is C19H27F3N4O. The number of hydrogen-bond acceptors (Lipinski definition) is 4. The summed E-state index contributed by atoms with van der Waals surface area (Å²) in [4.78, 5) is 22.8. The molecule has 3 heterocycles. The fourth-order valence-electron chi connectivity index (χ4n) is 3.73. The number of amides is 1. The molecule has 150 valence electrons. The Hall–Kier alpha value is -1.83. The molecule has 0 bridgehead atoms. The van der Waals surface area contributed by atoms with Gasteiger partial charge in [-0.3, -0.25) is 9.69 Å². The highest BCUT2D eigenvalue weighted by Crippen LogP contribution is 2.29. The molecule has 2 fully saturated rings. The molecule has 0 radical (unpaired) electrons. The molecule has 2 aliphatic heterocycles. The largest absolute Gasteiger partial charge is 0.417 e. The van der Waals surface area contributed by atoms with Crippen molar-refractivity contribution in [2.45, 2.75) is 38.9 Å². The zero-order valence-corrected chi connectivity index (χ0v) is 15.9. The number of halogens is 3. The second-order valence-electron chi connectivity index (χ2n) is 7.61. The number of alkyl halides is 3. The highest BCUT2D eigenvalue weighted by Gasteiger charge is 2.32. The quantitative estimate of drug-likeness (QED) is 0.804. The summed E-state index contributed by atoms with van der Waals surface area (Å²) in [5.41, 5.74) is -0.736. The Kier molecular flexibility index (Phi) is 5.93. The Morgan fingerprint density at radius 1 is 1.11 bits per heavy atom. The summed E-state index contributed by atoms with van der Waals surface area (Å²) in [7, 11) is 0. The summed E-state index contributed by atoms with van der Waals surface area (Å²) >= 11 is 0. The predicted octanol–water partition coefficient (Wildman–Crippen LogP) is 2.87. The number of likely N-dealkylation sites (tertiary alicyclic amines) is 1. The number of aromatic nitrogens is 1. The maximum absolute atomic E-state index is 12.7. The van der Waals surface area contributed by atoms with Gasteiger partial charge in [0.1, 0.15) is 5.82 Å². The molecule has 1 atom stereocenters.